The maximum absolute atomic E-state index is 12.8. The number of ketones is 1. The number of ether oxygens (including phenoxy) is 4. The summed E-state index contributed by atoms with van der Waals surface area (Å²) in [5, 5.41) is 0. The molecule has 1 atom stereocenters. The molecule has 0 saturated heterocycles. The van der Waals surface area contributed by atoms with Gasteiger partial charge in [-0.3, -0.25) is 14.4 Å². The first kappa shape index (κ1) is 19.6. The van der Waals surface area contributed by atoms with E-state index in [4.69, 9.17) is 14.2 Å². The Hall–Kier alpha value is -2.68. The summed E-state index contributed by atoms with van der Waals surface area (Å²) in [5.74, 6) is -2.50. The highest BCUT2D eigenvalue weighted by Crippen LogP contribution is 2.34. The predicted octanol–water partition coefficient (Wildman–Crippen LogP) is 2.24. The molecule has 0 aliphatic heterocycles. The fourth-order valence-corrected chi connectivity index (χ4v) is 3.32. The van der Waals surface area contributed by atoms with E-state index in [1.165, 1.54) is 21.3 Å². The highest BCUT2D eigenvalue weighted by molar-refractivity contribution is 7.20. The van der Waals surface area contributed by atoms with Crippen LogP contribution in [0.3, 0.4) is 0 Å². The van der Waals surface area contributed by atoms with Gasteiger partial charge in [-0.25, -0.2) is 4.98 Å². The van der Waals surface area contributed by atoms with Gasteiger partial charge in [-0.1, -0.05) is 0 Å². The Morgan fingerprint density at radius 1 is 1.15 bits per heavy atom. The third-order valence-corrected chi connectivity index (χ3v) is 4.66. The lowest BCUT2D eigenvalue weighted by Crippen LogP contribution is -2.28. The van der Waals surface area contributed by atoms with Gasteiger partial charge in [-0.05, 0) is 13.0 Å². The number of carbonyl (C=O) groups excluding carboxylic acids is 3. The number of hydrogen-bond acceptors (Lipinski definition) is 9. The molecule has 2 heterocycles. The van der Waals surface area contributed by atoms with Gasteiger partial charge in [0.15, 0.2) is 11.5 Å². The summed E-state index contributed by atoms with van der Waals surface area (Å²) in [6.45, 7) is 1.73. The van der Waals surface area contributed by atoms with Crippen LogP contribution in [0.5, 0.6) is 11.6 Å². The highest BCUT2D eigenvalue weighted by Gasteiger charge is 2.33. The van der Waals surface area contributed by atoms with E-state index >= 15 is 0 Å². The Morgan fingerprint density at radius 2 is 1.88 bits per heavy atom. The number of thiophene rings is 1. The van der Waals surface area contributed by atoms with Crippen molar-refractivity contribution in [2.45, 2.75) is 13.3 Å². The minimum absolute atomic E-state index is 0.103. The number of pyridine rings is 1. The van der Waals surface area contributed by atoms with Crippen molar-refractivity contribution in [1.82, 2.24) is 4.98 Å². The summed E-state index contributed by atoms with van der Waals surface area (Å²) in [4.78, 5) is 41.1. The molecule has 0 aromatic carbocycles. The molecule has 2 aromatic rings. The lowest BCUT2D eigenvalue weighted by atomic mass is 9.99. The second-order valence-corrected chi connectivity index (χ2v) is 6.23. The van der Waals surface area contributed by atoms with Crippen LogP contribution in [0.15, 0.2) is 12.1 Å². The number of fused-ring (bicyclic) bond motifs is 1. The highest BCUT2D eigenvalue weighted by atomic mass is 32.1. The largest absolute Gasteiger partial charge is 0.491 e. The molecule has 0 aliphatic rings. The summed E-state index contributed by atoms with van der Waals surface area (Å²) in [6, 6.07) is 3.25. The quantitative estimate of drug-likeness (QED) is 0.390. The van der Waals surface area contributed by atoms with E-state index in [9.17, 15) is 14.4 Å². The summed E-state index contributed by atoms with van der Waals surface area (Å²) in [7, 11) is 4.14. The molecule has 0 radical (unpaired) electrons. The third-order valence-electron chi connectivity index (χ3n) is 3.58. The van der Waals surface area contributed by atoms with Crippen molar-refractivity contribution in [3.63, 3.8) is 0 Å². The standard InChI is InChI=1S/C17H19NO7S/c1-5-25-17(21)9(6-14(19)23-3)15(20)13-7-10-12(26-13)8-11(22-2)16(18-10)24-4/h7-9H,5-6H2,1-4H3. The number of hydrogen-bond donors (Lipinski definition) is 0. The molecular formula is C17H19NO7S. The summed E-state index contributed by atoms with van der Waals surface area (Å²) in [6.07, 6.45) is -0.386. The molecule has 2 rings (SSSR count). The first-order valence-corrected chi connectivity index (χ1v) is 8.57. The maximum Gasteiger partial charge on any atom is 0.317 e. The van der Waals surface area contributed by atoms with Gasteiger partial charge in [0.05, 0.1) is 49.5 Å². The number of aromatic nitrogens is 1. The molecule has 140 valence electrons. The number of Topliss-reactive ketones (excluding diaryl/α,β-unsaturated/α-hetero) is 1. The Labute approximate surface area is 154 Å². The molecule has 26 heavy (non-hydrogen) atoms. The number of nitrogens with zero attached hydrogens (tertiary/aromatic N) is 1. The Balaban J connectivity index is 2.40. The van der Waals surface area contributed by atoms with Crippen molar-refractivity contribution in [2.24, 2.45) is 5.92 Å². The van der Waals surface area contributed by atoms with Gasteiger partial charge in [0.25, 0.3) is 5.88 Å². The molecule has 0 bridgehead atoms. The Bertz CT molecular complexity index is 789. The van der Waals surface area contributed by atoms with Crippen molar-refractivity contribution >= 4 is 39.3 Å². The fourth-order valence-electron chi connectivity index (χ4n) is 2.29. The predicted molar refractivity (Wildman–Crippen MR) is 93.8 cm³/mol. The van der Waals surface area contributed by atoms with E-state index in [0.717, 1.165) is 11.3 Å². The van der Waals surface area contributed by atoms with Gasteiger partial charge in [0.2, 0.25) is 0 Å². The normalized spacial score (nSPS) is 11.7. The van der Waals surface area contributed by atoms with Gasteiger partial charge in [0, 0.05) is 6.07 Å². The van der Waals surface area contributed by atoms with Crippen LogP contribution >= 0.6 is 11.3 Å². The van der Waals surface area contributed by atoms with Crippen LogP contribution < -0.4 is 9.47 Å². The van der Waals surface area contributed by atoms with E-state index < -0.39 is 23.6 Å². The summed E-state index contributed by atoms with van der Waals surface area (Å²) < 4.78 is 20.5. The van der Waals surface area contributed by atoms with E-state index in [0.29, 0.717) is 16.0 Å². The van der Waals surface area contributed by atoms with Crippen LogP contribution in [0.1, 0.15) is 23.0 Å². The number of methoxy groups -OCH3 is 3. The van der Waals surface area contributed by atoms with Crippen LogP contribution in [0.2, 0.25) is 0 Å². The van der Waals surface area contributed by atoms with Crippen molar-refractivity contribution in [3.8, 4) is 11.6 Å². The maximum atomic E-state index is 12.8. The van der Waals surface area contributed by atoms with Crippen LogP contribution in [-0.4, -0.2) is 50.6 Å². The zero-order chi connectivity index (χ0) is 19.3. The lowest BCUT2D eigenvalue weighted by molar-refractivity contribution is -0.151. The van der Waals surface area contributed by atoms with Crippen LogP contribution in [0, 0.1) is 5.92 Å². The van der Waals surface area contributed by atoms with E-state index in [2.05, 4.69) is 9.72 Å². The van der Waals surface area contributed by atoms with Gasteiger partial charge in [-0.2, -0.15) is 0 Å². The molecule has 0 aliphatic carbocycles. The van der Waals surface area contributed by atoms with Gasteiger partial charge in [0.1, 0.15) is 5.92 Å². The molecule has 2 aromatic heterocycles. The molecule has 0 amide bonds. The molecule has 0 spiro atoms. The molecule has 9 heteroatoms. The van der Waals surface area contributed by atoms with Crippen LogP contribution in [-0.2, 0) is 19.1 Å². The smallest absolute Gasteiger partial charge is 0.317 e. The topological polar surface area (TPSA) is 101 Å². The zero-order valence-corrected chi connectivity index (χ0v) is 15.7. The van der Waals surface area contributed by atoms with E-state index in [-0.39, 0.29) is 23.8 Å². The minimum Gasteiger partial charge on any atom is -0.491 e. The molecule has 0 N–H and O–H groups in total. The summed E-state index contributed by atoms with van der Waals surface area (Å²) >= 11 is 1.15. The second-order valence-electron chi connectivity index (χ2n) is 5.14. The molecule has 1 unspecified atom stereocenters. The fraction of sp³-hybridized carbons (Fsp3) is 0.412. The Kier molecular flexibility index (Phi) is 6.51. The molecule has 8 nitrogen and oxygen atoms in total. The first-order valence-electron chi connectivity index (χ1n) is 7.75. The summed E-state index contributed by atoms with van der Waals surface area (Å²) in [5.41, 5.74) is 0.525. The van der Waals surface area contributed by atoms with Gasteiger partial charge >= 0.3 is 11.9 Å². The first-order chi connectivity index (χ1) is 12.4. The monoisotopic (exact) mass is 381 g/mol. The second kappa shape index (κ2) is 8.61. The van der Waals surface area contributed by atoms with Gasteiger partial charge in [-0.15, -0.1) is 11.3 Å². The average Bonchev–Trinajstić information content (AvgIpc) is 3.06. The van der Waals surface area contributed by atoms with Crippen molar-refractivity contribution in [1.29, 1.82) is 0 Å². The van der Waals surface area contributed by atoms with Crippen molar-refractivity contribution in [2.75, 3.05) is 27.9 Å². The lowest BCUT2D eigenvalue weighted by Gasteiger charge is -2.12. The minimum atomic E-state index is -1.26. The number of rotatable bonds is 8. The third kappa shape index (κ3) is 4.10. The molecule has 0 saturated carbocycles. The van der Waals surface area contributed by atoms with Crippen LogP contribution in [0.4, 0.5) is 0 Å². The number of carbonyl (C=O) groups is 3. The SMILES string of the molecule is CCOC(=O)C(CC(=O)OC)C(=O)c1cc2nc(OC)c(OC)cc2s1. The van der Waals surface area contributed by atoms with E-state index in [1.807, 2.05) is 0 Å². The van der Waals surface area contributed by atoms with Crippen LogP contribution in [0.25, 0.3) is 10.2 Å². The number of esters is 2. The van der Waals surface area contributed by atoms with Gasteiger partial charge < -0.3 is 18.9 Å². The van der Waals surface area contributed by atoms with Crippen molar-refractivity contribution in [3.05, 3.63) is 17.0 Å². The average molecular weight is 381 g/mol. The van der Waals surface area contributed by atoms with E-state index in [1.54, 1.807) is 19.1 Å². The Morgan fingerprint density at radius 3 is 2.46 bits per heavy atom. The molecule has 0 fully saturated rings. The zero-order valence-electron chi connectivity index (χ0n) is 14.9. The van der Waals surface area contributed by atoms with Crippen molar-refractivity contribution < 1.29 is 33.3 Å². The molecular weight excluding hydrogens is 362 g/mol.